The lowest BCUT2D eigenvalue weighted by atomic mass is 9.79. The minimum absolute atomic E-state index is 0.102. The van der Waals surface area contributed by atoms with Gasteiger partial charge >= 0.3 is 0 Å². The molecular weight excluding hydrogens is 403 g/mol. The third kappa shape index (κ3) is 4.93. The molecular formula is C27H39FN2O2. The summed E-state index contributed by atoms with van der Waals surface area (Å²) in [6.45, 7) is 8.36. The molecule has 0 aromatic heterocycles. The summed E-state index contributed by atoms with van der Waals surface area (Å²) in [4.78, 5) is 29.4. The summed E-state index contributed by atoms with van der Waals surface area (Å²) in [7, 11) is 0. The van der Waals surface area contributed by atoms with Crippen molar-refractivity contribution in [2.45, 2.75) is 96.6 Å². The van der Waals surface area contributed by atoms with Gasteiger partial charge in [-0.25, -0.2) is 4.39 Å². The minimum Gasteiger partial charge on any atom is -0.308 e. The maximum absolute atomic E-state index is 14.0. The van der Waals surface area contributed by atoms with E-state index in [9.17, 15) is 14.0 Å². The molecule has 176 valence electrons. The van der Waals surface area contributed by atoms with E-state index >= 15 is 0 Å². The largest absolute Gasteiger partial charge is 0.308 e. The molecule has 0 radical (unpaired) electrons. The van der Waals surface area contributed by atoms with Gasteiger partial charge in [-0.15, -0.1) is 0 Å². The third-order valence-electron chi connectivity index (χ3n) is 8.25. The molecule has 1 aromatic rings. The number of ketones is 1. The lowest BCUT2D eigenvalue weighted by Gasteiger charge is -2.43. The number of rotatable bonds is 7. The van der Waals surface area contributed by atoms with Gasteiger partial charge in [0.05, 0.1) is 5.92 Å². The van der Waals surface area contributed by atoms with Crippen LogP contribution in [-0.4, -0.2) is 41.8 Å². The van der Waals surface area contributed by atoms with Crippen molar-refractivity contribution in [1.29, 1.82) is 0 Å². The Morgan fingerprint density at radius 2 is 1.75 bits per heavy atom. The third-order valence-corrected chi connectivity index (χ3v) is 8.25. The van der Waals surface area contributed by atoms with Crippen LogP contribution in [0, 0.1) is 17.7 Å². The maximum Gasteiger partial charge on any atom is 0.234 e. The first kappa shape index (κ1) is 23.4. The molecule has 2 aliphatic heterocycles. The second kappa shape index (κ2) is 10.0. The summed E-state index contributed by atoms with van der Waals surface area (Å²) in [6, 6.07) is 5.68. The predicted octanol–water partition coefficient (Wildman–Crippen LogP) is 5.69. The Bertz CT molecular complexity index is 823. The number of fused-ring (bicyclic) bond motifs is 1. The number of carbonyl (C=O) groups excluding carboxylic acids is 2. The molecule has 4 nitrogen and oxygen atoms in total. The van der Waals surface area contributed by atoms with Crippen LogP contribution in [0.15, 0.2) is 18.2 Å². The van der Waals surface area contributed by atoms with Gasteiger partial charge in [0.25, 0.3) is 0 Å². The maximum atomic E-state index is 14.0. The van der Waals surface area contributed by atoms with E-state index in [-0.39, 0.29) is 29.5 Å². The van der Waals surface area contributed by atoms with Crippen molar-refractivity contribution in [2.75, 3.05) is 18.0 Å². The van der Waals surface area contributed by atoms with Gasteiger partial charge in [-0.1, -0.05) is 13.8 Å². The van der Waals surface area contributed by atoms with Crippen LogP contribution in [0.3, 0.4) is 0 Å². The average molecular weight is 443 g/mol. The molecule has 0 bridgehead atoms. The van der Waals surface area contributed by atoms with Crippen LogP contribution < -0.4 is 4.90 Å². The minimum atomic E-state index is -0.315. The standard InChI is InChI=1S/C27H39FN2O2/c1-18(2)20-7-10-22(11-8-20)29-15-13-23(14-16-29)30-26-12-9-21(28)17-25(26)24(27(30)32)6-4-5-19(3)31/h9,12,17-18,20,22-24H,4-8,10-11,13-16H2,1-3H3. The fourth-order valence-electron chi connectivity index (χ4n) is 6.30. The normalized spacial score (nSPS) is 27.2. The van der Waals surface area contributed by atoms with Crippen molar-refractivity contribution in [2.24, 2.45) is 11.8 Å². The van der Waals surface area contributed by atoms with Crippen LogP contribution in [-0.2, 0) is 9.59 Å². The van der Waals surface area contributed by atoms with Crippen molar-refractivity contribution in [3.63, 3.8) is 0 Å². The van der Waals surface area contributed by atoms with E-state index in [1.54, 1.807) is 13.0 Å². The van der Waals surface area contributed by atoms with Gasteiger partial charge in [0.1, 0.15) is 11.6 Å². The van der Waals surface area contributed by atoms with Crippen LogP contribution in [0.25, 0.3) is 0 Å². The number of Topliss-reactive ketones (excluding diaryl/α,β-unsaturated/α-hetero) is 1. The summed E-state index contributed by atoms with van der Waals surface area (Å²) in [5, 5.41) is 0. The van der Waals surface area contributed by atoms with Gasteiger partial charge in [0.15, 0.2) is 0 Å². The average Bonchev–Trinajstić information content (AvgIpc) is 3.04. The molecule has 32 heavy (non-hydrogen) atoms. The number of carbonyl (C=O) groups is 2. The van der Waals surface area contributed by atoms with Crippen molar-refractivity contribution >= 4 is 17.4 Å². The lowest BCUT2D eigenvalue weighted by molar-refractivity contribution is -0.121. The smallest absolute Gasteiger partial charge is 0.234 e. The Hall–Kier alpha value is -1.75. The molecule has 5 heteroatoms. The van der Waals surface area contributed by atoms with Crippen LogP contribution in [0.1, 0.15) is 90.0 Å². The number of anilines is 1. The van der Waals surface area contributed by atoms with E-state index in [2.05, 4.69) is 18.7 Å². The Kier molecular flexibility index (Phi) is 7.34. The molecule has 3 aliphatic rings. The Balaban J connectivity index is 1.40. The molecule has 1 saturated carbocycles. The van der Waals surface area contributed by atoms with Gasteiger partial charge in [-0.3, -0.25) is 4.79 Å². The van der Waals surface area contributed by atoms with E-state index in [0.29, 0.717) is 25.3 Å². The predicted molar refractivity (Wildman–Crippen MR) is 126 cm³/mol. The molecule has 1 amide bonds. The molecule has 2 heterocycles. The number of piperidine rings is 1. The number of halogens is 1. The zero-order chi connectivity index (χ0) is 22.8. The molecule has 1 unspecified atom stereocenters. The Labute approximate surface area is 192 Å². The molecule has 0 spiro atoms. The van der Waals surface area contributed by atoms with Gasteiger partial charge in [0.2, 0.25) is 5.91 Å². The van der Waals surface area contributed by atoms with Crippen LogP contribution in [0.5, 0.6) is 0 Å². The van der Waals surface area contributed by atoms with Crippen LogP contribution in [0.4, 0.5) is 10.1 Å². The number of likely N-dealkylation sites (tertiary alicyclic amines) is 1. The summed E-state index contributed by atoms with van der Waals surface area (Å²) in [5.41, 5.74) is 1.70. The lowest BCUT2D eigenvalue weighted by Crippen LogP contribution is -2.50. The first-order chi connectivity index (χ1) is 15.3. The highest BCUT2D eigenvalue weighted by molar-refractivity contribution is 6.05. The second-order valence-electron chi connectivity index (χ2n) is 10.6. The molecule has 0 N–H and O–H groups in total. The number of nitrogens with zero attached hydrogens (tertiary/aromatic N) is 2. The van der Waals surface area contributed by atoms with Crippen molar-refractivity contribution in [1.82, 2.24) is 4.90 Å². The first-order valence-corrected chi connectivity index (χ1v) is 12.7. The second-order valence-corrected chi connectivity index (χ2v) is 10.6. The highest BCUT2D eigenvalue weighted by Gasteiger charge is 2.42. The molecule has 1 atom stereocenters. The van der Waals surface area contributed by atoms with Crippen molar-refractivity contribution in [3.05, 3.63) is 29.6 Å². The van der Waals surface area contributed by atoms with E-state index in [0.717, 1.165) is 49.0 Å². The van der Waals surface area contributed by atoms with Crippen molar-refractivity contribution < 1.29 is 14.0 Å². The van der Waals surface area contributed by atoms with Crippen LogP contribution >= 0.6 is 0 Å². The van der Waals surface area contributed by atoms with Crippen LogP contribution in [0.2, 0.25) is 0 Å². The Morgan fingerprint density at radius 3 is 2.38 bits per heavy atom. The van der Waals surface area contributed by atoms with E-state index in [1.807, 2.05) is 4.90 Å². The van der Waals surface area contributed by atoms with E-state index in [1.165, 1.54) is 37.8 Å². The van der Waals surface area contributed by atoms with Crippen molar-refractivity contribution in [3.8, 4) is 0 Å². The molecule has 4 rings (SSSR count). The number of benzene rings is 1. The summed E-state index contributed by atoms with van der Waals surface area (Å²) in [6.07, 6.45) is 9.01. The van der Waals surface area contributed by atoms with E-state index in [4.69, 9.17) is 0 Å². The fraction of sp³-hybridized carbons (Fsp3) is 0.704. The number of amides is 1. The molecule has 2 fully saturated rings. The summed E-state index contributed by atoms with van der Waals surface area (Å²) in [5.74, 6) is 1.30. The highest BCUT2D eigenvalue weighted by atomic mass is 19.1. The van der Waals surface area contributed by atoms with Gasteiger partial charge in [-0.2, -0.15) is 0 Å². The quantitative estimate of drug-likeness (QED) is 0.544. The summed E-state index contributed by atoms with van der Waals surface area (Å²) >= 11 is 0. The Morgan fingerprint density at radius 1 is 1.06 bits per heavy atom. The highest BCUT2D eigenvalue weighted by Crippen LogP contribution is 2.43. The van der Waals surface area contributed by atoms with E-state index < -0.39 is 0 Å². The number of hydrogen-bond acceptors (Lipinski definition) is 3. The number of hydrogen-bond donors (Lipinski definition) is 0. The molecule has 1 saturated heterocycles. The fourth-order valence-corrected chi connectivity index (χ4v) is 6.30. The summed E-state index contributed by atoms with van der Waals surface area (Å²) < 4.78 is 14.0. The zero-order valence-corrected chi connectivity index (χ0v) is 20.0. The SMILES string of the molecule is CC(=O)CCCC1C(=O)N(C2CCN(C3CCC(C(C)C)CC3)CC2)c2ccc(F)cc21. The zero-order valence-electron chi connectivity index (χ0n) is 20.0. The van der Waals surface area contributed by atoms with Gasteiger partial charge in [-0.05, 0) is 93.9 Å². The first-order valence-electron chi connectivity index (χ1n) is 12.7. The molecule has 1 aliphatic carbocycles. The van der Waals surface area contributed by atoms with Gasteiger partial charge in [0, 0.05) is 37.3 Å². The topological polar surface area (TPSA) is 40.6 Å². The monoisotopic (exact) mass is 442 g/mol. The molecule has 1 aromatic carbocycles. The van der Waals surface area contributed by atoms with Gasteiger partial charge < -0.3 is 14.6 Å².